The summed E-state index contributed by atoms with van der Waals surface area (Å²) in [5.41, 5.74) is 2.78. The largest absolute Gasteiger partial charge is 0.493 e. The number of imidazole rings is 1. The molecule has 0 radical (unpaired) electrons. The molecule has 3 rings (SSSR count). The zero-order chi connectivity index (χ0) is 24.2. The average molecular weight is 598 g/mol. The van der Waals surface area contributed by atoms with Crippen molar-refractivity contribution in [1.29, 1.82) is 0 Å². The standard InChI is InChI=1S/C27H44N4O2S.3ClH/c1-5-17-31(23-11-12-24-22(21-23)10-13-25(32-3)26(24)33-4)18-9-7-6-8-14-28-16-20-34-27-29-15-19-30(27)2;;;/h10,13,15,19,23,28H,5-9,11-12,14,16-18,20-21H2,1-4H3;3*1H. The summed E-state index contributed by atoms with van der Waals surface area (Å²) < 4.78 is 13.3. The Morgan fingerprint density at radius 1 is 1.05 bits per heavy atom. The lowest BCUT2D eigenvalue weighted by Crippen LogP contribution is -2.40. The summed E-state index contributed by atoms with van der Waals surface area (Å²) in [5.74, 6) is 2.86. The van der Waals surface area contributed by atoms with E-state index in [1.165, 1.54) is 62.7 Å². The molecule has 1 aliphatic carbocycles. The highest BCUT2D eigenvalue weighted by Gasteiger charge is 2.27. The van der Waals surface area contributed by atoms with Crippen LogP contribution in [0.25, 0.3) is 0 Å². The van der Waals surface area contributed by atoms with Gasteiger partial charge in [0.05, 0.1) is 14.2 Å². The lowest BCUT2D eigenvalue weighted by molar-refractivity contribution is 0.175. The van der Waals surface area contributed by atoms with Gasteiger partial charge >= 0.3 is 0 Å². The number of aryl methyl sites for hydroxylation is 1. The Bertz CT molecular complexity index is 872. The van der Waals surface area contributed by atoms with Gasteiger partial charge in [-0.1, -0.05) is 37.6 Å². The van der Waals surface area contributed by atoms with Crippen LogP contribution < -0.4 is 14.8 Å². The average Bonchev–Trinajstić information content (AvgIpc) is 3.27. The van der Waals surface area contributed by atoms with E-state index < -0.39 is 0 Å². The molecule has 0 aliphatic heterocycles. The van der Waals surface area contributed by atoms with Gasteiger partial charge in [-0.15, -0.1) is 37.2 Å². The van der Waals surface area contributed by atoms with Crippen LogP contribution in [-0.4, -0.2) is 66.6 Å². The first-order chi connectivity index (χ1) is 16.7. The number of benzene rings is 1. The van der Waals surface area contributed by atoms with Gasteiger partial charge in [0, 0.05) is 43.3 Å². The first-order valence-electron chi connectivity index (χ1n) is 13.0. The lowest BCUT2D eigenvalue weighted by atomic mass is 9.86. The molecule has 1 N–H and O–H groups in total. The molecule has 0 amide bonds. The zero-order valence-electron chi connectivity index (χ0n) is 22.9. The fourth-order valence-electron chi connectivity index (χ4n) is 4.99. The Labute approximate surface area is 247 Å². The highest BCUT2D eigenvalue weighted by molar-refractivity contribution is 7.99. The number of methoxy groups -OCH3 is 2. The Hall–Kier alpha value is -0.830. The van der Waals surface area contributed by atoms with Crippen molar-refractivity contribution >= 4 is 49.0 Å². The molecule has 1 aromatic heterocycles. The molecule has 0 bridgehead atoms. The molecule has 1 unspecified atom stereocenters. The van der Waals surface area contributed by atoms with Crippen LogP contribution in [0.4, 0.5) is 0 Å². The van der Waals surface area contributed by atoms with Crippen LogP contribution in [0.2, 0.25) is 0 Å². The second-order valence-electron chi connectivity index (χ2n) is 9.20. The maximum atomic E-state index is 5.68. The van der Waals surface area contributed by atoms with Gasteiger partial charge in [-0.25, -0.2) is 4.98 Å². The van der Waals surface area contributed by atoms with E-state index in [1.54, 1.807) is 14.2 Å². The smallest absolute Gasteiger partial charge is 0.167 e. The van der Waals surface area contributed by atoms with Gasteiger partial charge in [0.2, 0.25) is 0 Å². The number of nitrogens with one attached hydrogen (secondary N) is 1. The molecule has 1 aromatic carbocycles. The minimum absolute atomic E-state index is 0. The molecular weight excluding hydrogens is 551 g/mol. The Morgan fingerprint density at radius 2 is 1.84 bits per heavy atom. The molecule has 10 heteroatoms. The molecule has 0 spiro atoms. The number of halogens is 3. The molecule has 0 fully saturated rings. The van der Waals surface area contributed by atoms with Crippen LogP contribution in [0.1, 0.15) is 56.6 Å². The number of hydrogen-bond acceptors (Lipinski definition) is 6. The fourth-order valence-corrected chi connectivity index (χ4v) is 5.82. The van der Waals surface area contributed by atoms with Gasteiger partial charge in [0.15, 0.2) is 16.7 Å². The molecular formula is C27H47Cl3N4O2S. The summed E-state index contributed by atoms with van der Waals surface area (Å²) in [6, 6.07) is 4.95. The van der Waals surface area contributed by atoms with Gasteiger partial charge in [-0.05, 0) is 69.8 Å². The van der Waals surface area contributed by atoms with E-state index in [9.17, 15) is 0 Å². The third-order valence-electron chi connectivity index (χ3n) is 6.79. The van der Waals surface area contributed by atoms with Crippen molar-refractivity contribution < 1.29 is 9.47 Å². The van der Waals surface area contributed by atoms with Crippen LogP contribution >= 0.6 is 49.0 Å². The molecule has 37 heavy (non-hydrogen) atoms. The fraction of sp³-hybridized carbons (Fsp3) is 0.667. The van der Waals surface area contributed by atoms with Crippen molar-refractivity contribution in [3.05, 3.63) is 35.7 Å². The van der Waals surface area contributed by atoms with E-state index in [-0.39, 0.29) is 37.2 Å². The van der Waals surface area contributed by atoms with Crippen molar-refractivity contribution in [2.24, 2.45) is 7.05 Å². The summed E-state index contributed by atoms with van der Waals surface area (Å²) in [6.07, 6.45) is 13.7. The number of fused-ring (bicyclic) bond motifs is 1. The van der Waals surface area contributed by atoms with Crippen molar-refractivity contribution in [1.82, 2.24) is 19.8 Å². The number of hydrogen-bond donors (Lipinski definition) is 1. The van der Waals surface area contributed by atoms with Crippen LogP contribution in [-0.2, 0) is 19.9 Å². The predicted octanol–water partition coefficient (Wildman–Crippen LogP) is 6.21. The highest BCUT2D eigenvalue weighted by atomic mass is 35.5. The molecule has 1 aliphatic rings. The number of unbranched alkanes of at least 4 members (excludes halogenated alkanes) is 3. The second-order valence-corrected chi connectivity index (χ2v) is 10.3. The summed E-state index contributed by atoms with van der Waals surface area (Å²) in [6.45, 7) is 6.87. The zero-order valence-corrected chi connectivity index (χ0v) is 26.1. The summed E-state index contributed by atoms with van der Waals surface area (Å²) in [7, 11) is 5.52. The Balaban J connectivity index is 0.00000432. The van der Waals surface area contributed by atoms with E-state index in [2.05, 4.69) is 38.8 Å². The van der Waals surface area contributed by atoms with E-state index in [1.807, 2.05) is 31.2 Å². The number of thioether (sulfide) groups is 1. The number of nitrogens with zero attached hydrogens (tertiary/aromatic N) is 3. The summed E-state index contributed by atoms with van der Waals surface area (Å²) in [5, 5.41) is 4.67. The molecule has 214 valence electrons. The van der Waals surface area contributed by atoms with E-state index in [0.717, 1.165) is 48.3 Å². The van der Waals surface area contributed by atoms with Crippen LogP contribution in [0.3, 0.4) is 0 Å². The first-order valence-corrected chi connectivity index (χ1v) is 13.9. The minimum Gasteiger partial charge on any atom is -0.493 e. The SMILES string of the molecule is CCCN(CCCCCCNCCSc1nccn1C)C1CCc2c(ccc(OC)c2OC)C1.Cl.Cl.Cl. The van der Waals surface area contributed by atoms with Gasteiger partial charge in [-0.3, -0.25) is 0 Å². The van der Waals surface area contributed by atoms with Crippen molar-refractivity contribution in [3.63, 3.8) is 0 Å². The number of rotatable bonds is 16. The van der Waals surface area contributed by atoms with Gasteiger partial charge < -0.3 is 24.3 Å². The van der Waals surface area contributed by atoms with Crippen molar-refractivity contribution in [2.75, 3.05) is 46.2 Å². The monoisotopic (exact) mass is 596 g/mol. The van der Waals surface area contributed by atoms with Gasteiger partial charge in [0.1, 0.15) is 0 Å². The molecule has 2 aromatic rings. The second kappa shape index (κ2) is 20.1. The summed E-state index contributed by atoms with van der Waals surface area (Å²) >= 11 is 1.82. The van der Waals surface area contributed by atoms with Gasteiger partial charge in [0.25, 0.3) is 0 Å². The molecule has 0 saturated heterocycles. The van der Waals surface area contributed by atoms with Gasteiger partial charge in [-0.2, -0.15) is 0 Å². The van der Waals surface area contributed by atoms with E-state index in [4.69, 9.17) is 9.47 Å². The minimum atomic E-state index is 0. The quantitative estimate of drug-likeness (QED) is 0.183. The van der Waals surface area contributed by atoms with Crippen molar-refractivity contribution in [3.8, 4) is 11.5 Å². The summed E-state index contributed by atoms with van der Waals surface area (Å²) in [4.78, 5) is 7.10. The van der Waals surface area contributed by atoms with Crippen LogP contribution in [0.15, 0.2) is 29.7 Å². The topological polar surface area (TPSA) is 51.6 Å². The van der Waals surface area contributed by atoms with E-state index >= 15 is 0 Å². The highest BCUT2D eigenvalue weighted by Crippen LogP contribution is 2.38. The molecule has 6 nitrogen and oxygen atoms in total. The number of aromatic nitrogens is 2. The number of ether oxygens (including phenoxy) is 2. The molecule has 1 atom stereocenters. The predicted molar refractivity (Wildman–Crippen MR) is 164 cm³/mol. The van der Waals surface area contributed by atoms with Crippen LogP contribution in [0, 0.1) is 0 Å². The Morgan fingerprint density at radius 3 is 2.51 bits per heavy atom. The first kappa shape index (κ1) is 36.2. The Kier molecular flexibility index (Phi) is 19.7. The lowest BCUT2D eigenvalue weighted by Gasteiger charge is -2.36. The maximum Gasteiger partial charge on any atom is 0.167 e. The molecule has 1 heterocycles. The third-order valence-corrected chi connectivity index (χ3v) is 7.85. The van der Waals surface area contributed by atoms with Crippen molar-refractivity contribution in [2.45, 2.75) is 69.5 Å². The third kappa shape index (κ3) is 11.1. The maximum absolute atomic E-state index is 5.68. The normalized spacial score (nSPS) is 14.2. The molecule has 0 saturated carbocycles. The van der Waals surface area contributed by atoms with Crippen LogP contribution in [0.5, 0.6) is 11.5 Å². The van der Waals surface area contributed by atoms with E-state index in [0.29, 0.717) is 6.04 Å².